The van der Waals surface area contributed by atoms with Crippen LogP contribution in [0.1, 0.15) is 13.0 Å². The SMILES string of the molecule is CC(C(=O)N1CCN(C)CC1)n1nc(-c2ccc(F)cc2)ccc1=O. The van der Waals surface area contributed by atoms with Gasteiger partial charge in [-0.1, -0.05) is 0 Å². The maximum atomic E-state index is 13.1. The molecule has 0 radical (unpaired) electrons. The number of piperazine rings is 1. The van der Waals surface area contributed by atoms with Crippen LogP contribution in [0.3, 0.4) is 0 Å². The minimum atomic E-state index is -0.684. The molecule has 3 rings (SSSR count). The van der Waals surface area contributed by atoms with Crippen LogP contribution in [-0.2, 0) is 4.79 Å². The molecule has 1 unspecified atom stereocenters. The maximum Gasteiger partial charge on any atom is 0.267 e. The van der Waals surface area contributed by atoms with Crippen LogP contribution < -0.4 is 5.56 Å². The lowest BCUT2D eigenvalue weighted by atomic mass is 10.1. The number of amides is 1. The van der Waals surface area contributed by atoms with Crippen LogP contribution >= 0.6 is 0 Å². The van der Waals surface area contributed by atoms with Crippen LogP contribution in [0.2, 0.25) is 0 Å². The molecule has 0 aliphatic carbocycles. The Morgan fingerprint density at radius 3 is 2.36 bits per heavy atom. The smallest absolute Gasteiger partial charge is 0.267 e. The van der Waals surface area contributed by atoms with Crippen LogP contribution in [0.25, 0.3) is 11.3 Å². The summed E-state index contributed by atoms with van der Waals surface area (Å²) in [6.45, 7) is 4.61. The van der Waals surface area contributed by atoms with E-state index in [-0.39, 0.29) is 17.3 Å². The number of hydrogen-bond acceptors (Lipinski definition) is 4. The quantitative estimate of drug-likeness (QED) is 0.844. The number of carbonyl (C=O) groups excluding carboxylic acids is 1. The summed E-state index contributed by atoms with van der Waals surface area (Å²) < 4.78 is 14.3. The molecule has 6 nitrogen and oxygen atoms in total. The highest BCUT2D eigenvalue weighted by Crippen LogP contribution is 2.17. The van der Waals surface area contributed by atoms with Crippen molar-refractivity contribution in [3.8, 4) is 11.3 Å². The Morgan fingerprint density at radius 1 is 1.08 bits per heavy atom. The number of rotatable bonds is 3. The number of nitrogens with zero attached hydrogens (tertiary/aromatic N) is 4. The van der Waals surface area contributed by atoms with E-state index in [1.165, 1.54) is 22.9 Å². The predicted molar refractivity (Wildman–Crippen MR) is 92.7 cm³/mol. The molecule has 1 aromatic heterocycles. The molecule has 1 saturated heterocycles. The van der Waals surface area contributed by atoms with Crippen molar-refractivity contribution >= 4 is 5.91 Å². The Balaban J connectivity index is 1.85. The Morgan fingerprint density at radius 2 is 1.72 bits per heavy atom. The molecule has 0 N–H and O–H groups in total. The molecule has 1 aromatic carbocycles. The van der Waals surface area contributed by atoms with E-state index >= 15 is 0 Å². The molecule has 7 heteroatoms. The van der Waals surface area contributed by atoms with Crippen molar-refractivity contribution in [3.63, 3.8) is 0 Å². The Labute approximate surface area is 145 Å². The van der Waals surface area contributed by atoms with E-state index in [9.17, 15) is 14.0 Å². The topological polar surface area (TPSA) is 58.4 Å². The molecule has 1 aliphatic rings. The van der Waals surface area contributed by atoms with Crippen molar-refractivity contribution in [2.24, 2.45) is 0 Å². The van der Waals surface area contributed by atoms with Gasteiger partial charge >= 0.3 is 0 Å². The second kappa shape index (κ2) is 7.14. The highest BCUT2D eigenvalue weighted by molar-refractivity contribution is 5.80. The summed E-state index contributed by atoms with van der Waals surface area (Å²) >= 11 is 0. The number of halogens is 1. The number of carbonyl (C=O) groups is 1. The van der Waals surface area contributed by atoms with Gasteiger partial charge in [0.2, 0.25) is 5.91 Å². The summed E-state index contributed by atoms with van der Waals surface area (Å²) in [5.74, 6) is -0.449. The van der Waals surface area contributed by atoms with Gasteiger partial charge in [0.25, 0.3) is 5.56 Å². The van der Waals surface area contributed by atoms with Gasteiger partial charge in [-0.05, 0) is 44.3 Å². The number of hydrogen-bond donors (Lipinski definition) is 0. The van der Waals surface area contributed by atoms with E-state index in [2.05, 4.69) is 10.00 Å². The highest BCUT2D eigenvalue weighted by Gasteiger charge is 2.26. The first-order valence-corrected chi connectivity index (χ1v) is 8.29. The van der Waals surface area contributed by atoms with Crippen molar-refractivity contribution in [3.05, 3.63) is 52.6 Å². The standard InChI is InChI=1S/C18H21FN4O2/c1-13(18(25)22-11-9-21(2)10-12-22)23-17(24)8-7-16(20-23)14-3-5-15(19)6-4-14/h3-8,13H,9-12H2,1-2H3. The number of benzene rings is 1. The molecule has 0 bridgehead atoms. The Kier molecular flexibility index (Phi) is 4.94. The molecule has 2 aromatic rings. The first-order valence-electron chi connectivity index (χ1n) is 8.29. The zero-order valence-corrected chi connectivity index (χ0v) is 14.4. The van der Waals surface area contributed by atoms with Gasteiger partial charge in [0, 0.05) is 37.8 Å². The summed E-state index contributed by atoms with van der Waals surface area (Å²) in [6, 6.07) is 8.16. The predicted octanol–water partition coefficient (Wildman–Crippen LogP) is 1.38. The molecule has 1 amide bonds. The molecule has 1 fully saturated rings. The first-order chi connectivity index (χ1) is 12.0. The van der Waals surface area contributed by atoms with Crippen LogP contribution in [-0.4, -0.2) is 58.7 Å². The lowest BCUT2D eigenvalue weighted by Gasteiger charge is -2.34. The molecule has 25 heavy (non-hydrogen) atoms. The Bertz CT molecular complexity index is 811. The van der Waals surface area contributed by atoms with E-state index in [4.69, 9.17) is 0 Å². The first kappa shape index (κ1) is 17.3. The van der Waals surface area contributed by atoms with Gasteiger partial charge in [0.05, 0.1) is 5.69 Å². The second-order valence-corrected chi connectivity index (χ2v) is 6.31. The van der Waals surface area contributed by atoms with E-state index in [0.29, 0.717) is 24.3 Å². The summed E-state index contributed by atoms with van der Waals surface area (Å²) in [4.78, 5) is 28.8. The fourth-order valence-corrected chi connectivity index (χ4v) is 2.87. The molecule has 1 atom stereocenters. The average Bonchev–Trinajstić information content (AvgIpc) is 2.62. The lowest BCUT2D eigenvalue weighted by molar-refractivity contribution is -0.136. The third kappa shape index (κ3) is 3.76. The highest BCUT2D eigenvalue weighted by atomic mass is 19.1. The molecule has 0 spiro atoms. The van der Waals surface area contributed by atoms with Gasteiger partial charge in [0.15, 0.2) is 0 Å². The minimum absolute atomic E-state index is 0.112. The summed E-state index contributed by atoms with van der Waals surface area (Å²) in [7, 11) is 2.02. The van der Waals surface area contributed by atoms with E-state index in [1.807, 2.05) is 7.05 Å². The van der Waals surface area contributed by atoms with Gasteiger partial charge in [0.1, 0.15) is 11.9 Å². The van der Waals surface area contributed by atoms with Crippen molar-refractivity contribution in [1.82, 2.24) is 19.6 Å². The van der Waals surface area contributed by atoms with Crippen molar-refractivity contribution in [2.75, 3.05) is 33.2 Å². The largest absolute Gasteiger partial charge is 0.338 e. The maximum absolute atomic E-state index is 13.1. The zero-order valence-electron chi connectivity index (χ0n) is 14.4. The molecular weight excluding hydrogens is 323 g/mol. The number of likely N-dealkylation sites (N-methyl/N-ethyl adjacent to an activating group) is 1. The Hall–Kier alpha value is -2.54. The van der Waals surface area contributed by atoms with E-state index < -0.39 is 6.04 Å². The van der Waals surface area contributed by atoms with E-state index in [0.717, 1.165) is 13.1 Å². The molecule has 0 saturated carbocycles. The summed E-state index contributed by atoms with van der Waals surface area (Å²) in [5.41, 5.74) is 0.882. The van der Waals surface area contributed by atoms with Gasteiger partial charge in [-0.2, -0.15) is 5.10 Å². The van der Waals surface area contributed by atoms with Crippen LogP contribution in [0.15, 0.2) is 41.2 Å². The summed E-state index contributed by atoms with van der Waals surface area (Å²) in [6.07, 6.45) is 0. The summed E-state index contributed by atoms with van der Waals surface area (Å²) in [5, 5.41) is 4.33. The van der Waals surface area contributed by atoms with Gasteiger partial charge in [-0.3, -0.25) is 9.59 Å². The average molecular weight is 344 g/mol. The molecule has 2 heterocycles. The van der Waals surface area contributed by atoms with Gasteiger partial charge in [-0.25, -0.2) is 9.07 Å². The minimum Gasteiger partial charge on any atom is -0.338 e. The second-order valence-electron chi connectivity index (χ2n) is 6.31. The van der Waals surface area contributed by atoms with Crippen LogP contribution in [0.4, 0.5) is 4.39 Å². The van der Waals surface area contributed by atoms with Crippen molar-refractivity contribution < 1.29 is 9.18 Å². The molecule has 132 valence electrons. The van der Waals surface area contributed by atoms with Crippen LogP contribution in [0.5, 0.6) is 0 Å². The molecular formula is C18H21FN4O2. The van der Waals surface area contributed by atoms with Gasteiger partial charge in [-0.15, -0.1) is 0 Å². The van der Waals surface area contributed by atoms with Gasteiger partial charge < -0.3 is 9.80 Å². The molecule has 1 aliphatic heterocycles. The number of aromatic nitrogens is 2. The van der Waals surface area contributed by atoms with Crippen molar-refractivity contribution in [1.29, 1.82) is 0 Å². The lowest BCUT2D eigenvalue weighted by Crippen LogP contribution is -2.49. The van der Waals surface area contributed by atoms with Crippen LogP contribution in [0, 0.1) is 5.82 Å². The fourth-order valence-electron chi connectivity index (χ4n) is 2.87. The normalized spacial score (nSPS) is 16.7. The zero-order chi connectivity index (χ0) is 18.0. The van der Waals surface area contributed by atoms with Crippen molar-refractivity contribution in [2.45, 2.75) is 13.0 Å². The fraction of sp³-hybridized carbons (Fsp3) is 0.389. The monoisotopic (exact) mass is 344 g/mol. The van der Waals surface area contributed by atoms with E-state index in [1.54, 1.807) is 30.0 Å². The third-order valence-corrected chi connectivity index (χ3v) is 4.50. The third-order valence-electron chi connectivity index (χ3n) is 4.50.